The van der Waals surface area contributed by atoms with Gasteiger partial charge in [0.2, 0.25) is 0 Å². The Bertz CT molecular complexity index is 741. The van der Waals surface area contributed by atoms with E-state index in [4.69, 9.17) is 0 Å². The molecule has 1 aliphatic carbocycles. The molecule has 0 spiro atoms. The highest BCUT2D eigenvalue weighted by Crippen LogP contribution is 2.41. The Balaban J connectivity index is 1.71. The highest BCUT2D eigenvalue weighted by Gasteiger charge is 2.49. The van der Waals surface area contributed by atoms with Crippen LogP contribution >= 0.6 is 11.8 Å². The fourth-order valence-electron chi connectivity index (χ4n) is 2.97. The number of sulfone groups is 1. The fourth-order valence-corrected chi connectivity index (χ4v) is 6.89. The van der Waals surface area contributed by atoms with E-state index in [1.807, 2.05) is 35.2 Å². The van der Waals surface area contributed by atoms with Crippen molar-refractivity contribution < 1.29 is 13.2 Å². The standard InChI is InChI=1S/C15H16N2O3S2/c18-14(10-6-7-10)16-15-17(11-4-2-1-3-5-11)12-8-22(19,20)9-13(12)21-15/h1-5,10,12-13H,6-9H2/t12-,13-/m1/s1. The minimum atomic E-state index is -3.00. The SMILES string of the molecule is O=C(N=C1S[C@@H]2CS(=O)(=O)C[C@H]2N1c1ccccc1)C1CC1. The first kappa shape index (κ1) is 14.3. The van der Waals surface area contributed by atoms with E-state index in [2.05, 4.69) is 4.99 Å². The van der Waals surface area contributed by atoms with E-state index in [1.165, 1.54) is 11.8 Å². The number of carbonyl (C=O) groups excluding carboxylic acids is 1. The van der Waals surface area contributed by atoms with Crippen molar-refractivity contribution in [2.45, 2.75) is 24.1 Å². The second-order valence-corrected chi connectivity index (χ2v) is 9.37. The van der Waals surface area contributed by atoms with Crippen LogP contribution in [-0.2, 0) is 14.6 Å². The molecule has 116 valence electrons. The Morgan fingerprint density at radius 2 is 1.91 bits per heavy atom. The number of carbonyl (C=O) groups is 1. The van der Waals surface area contributed by atoms with E-state index in [9.17, 15) is 13.2 Å². The maximum atomic E-state index is 12.0. The number of aliphatic imine (C=N–C) groups is 1. The van der Waals surface area contributed by atoms with Crippen LogP contribution in [0.25, 0.3) is 0 Å². The summed E-state index contributed by atoms with van der Waals surface area (Å²) in [5, 5.41) is 0.629. The molecule has 1 aromatic rings. The lowest BCUT2D eigenvalue weighted by Gasteiger charge is -2.24. The van der Waals surface area contributed by atoms with Gasteiger partial charge < -0.3 is 4.90 Å². The first-order valence-corrected chi connectivity index (χ1v) is 10.1. The minimum Gasteiger partial charge on any atom is -0.316 e. The van der Waals surface area contributed by atoms with Gasteiger partial charge in [0.05, 0.1) is 17.5 Å². The Morgan fingerprint density at radius 1 is 1.18 bits per heavy atom. The van der Waals surface area contributed by atoms with Gasteiger partial charge in [-0.2, -0.15) is 4.99 Å². The van der Waals surface area contributed by atoms with Gasteiger partial charge in [-0.15, -0.1) is 0 Å². The van der Waals surface area contributed by atoms with E-state index in [1.54, 1.807) is 0 Å². The van der Waals surface area contributed by atoms with Crippen molar-refractivity contribution in [2.75, 3.05) is 16.4 Å². The smallest absolute Gasteiger partial charge is 0.251 e. The number of amides is 1. The van der Waals surface area contributed by atoms with Crippen molar-refractivity contribution in [1.29, 1.82) is 0 Å². The molecule has 1 amide bonds. The number of rotatable bonds is 2. The number of nitrogens with zero attached hydrogens (tertiary/aromatic N) is 2. The third-order valence-electron chi connectivity index (χ3n) is 4.23. The molecule has 0 unspecified atom stereocenters. The number of fused-ring (bicyclic) bond motifs is 1. The molecule has 2 heterocycles. The van der Waals surface area contributed by atoms with Crippen molar-refractivity contribution in [3.63, 3.8) is 0 Å². The summed E-state index contributed by atoms with van der Waals surface area (Å²) in [4.78, 5) is 18.3. The topological polar surface area (TPSA) is 66.8 Å². The molecular formula is C15H16N2O3S2. The molecule has 1 aromatic carbocycles. The number of anilines is 1. The third-order valence-corrected chi connectivity index (χ3v) is 7.44. The number of amidine groups is 1. The number of thioether (sulfide) groups is 1. The Morgan fingerprint density at radius 3 is 2.59 bits per heavy atom. The van der Waals surface area contributed by atoms with Gasteiger partial charge in [-0.05, 0) is 25.0 Å². The summed E-state index contributed by atoms with van der Waals surface area (Å²) in [5.41, 5.74) is 0.905. The van der Waals surface area contributed by atoms with E-state index in [0.717, 1.165) is 18.5 Å². The molecule has 0 radical (unpaired) electrons. The molecule has 0 aromatic heterocycles. The van der Waals surface area contributed by atoms with Gasteiger partial charge in [0.25, 0.3) is 5.91 Å². The zero-order valence-electron chi connectivity index (χ0n) is 11.9. The number of para-hydroxylation sites is 1. The molecule has 3 fully saturated rings. The van der Waals surface area contributed by atoms with Crippen LogP contribution in [0.3, 0.4) is 0 Å². The van der Waals surface area contributed by atoms with Crippen LogP contribution in [0, 0.1) is 5.92 Å². The summed E-state index contributed by atoms with van der Waals surface area (Å²) in [5.74, 6) is 0.319. The molecule has 0 N–H and O–H groups in total. The molecule has 2 saturated heterocycles. The zero-order valence-corrected chi connectivity index (χ0v) is 13.5. The predicted molar refractivity (Wildman–Crippen MR) is 87.9 cm³/mol. The van der Waals surface area contributed by atoms with Gasteiger partial charge in [0, 0.05) is 16.9 Å². The molecule has 2 aliphatic heterocycles. The Hall–Kier alpha value is -1.34. The van der Waals surface area contributed by atoms with Crippen LogP contribution in [0.5, 0.6) is 0 Å². The predicted octanol–water partition coefficient (Wildman–Crippen LogP) is 1.70. The van der Waals surface area contributed by atoms with Gasteiger partial charge in [-0.1, -0.05) is 30.0 Å². The largest absolute Gasteiger partial charge is 0.316 e. The summed E-state index contributed by atoms with van der Waals surface area (Å²) in [6, 6.07) is 9.49. The maximum absolute atomic E-state index is 12.0. The van der Waals surface area contributed by atoms with Gasteiger partial charge in [-0.3, -0.25) is 4.79 Å². The van der Waals surface area contributed by atoms with Crippen LogP contribution in [0.1, 0.15) is 12.8 Å². The average molecular weight is 336 g/mol. The molecule has 0 bridgehead atoms. The second-order valence-electron chi connectivity index (χ2n) is 6.01. The maximum Gasteiger partial charge on any atom is 0.251 e. The molecule has 22 heavy (non-hydrogen) atoms. The lowest BCUT2D eigenvalue weighted by atomic mass is 10.2. The van der Waals surface area contributed by atoms with Crippen molar-refractivity contribution in [2.24, 2.45) is 10.9 Å². The van der Waals surface area contributed by atoms with E-state index in [-0.39, 0.29) is 34.6 Å². The highest BCUT2D eigenvalue weighted by atomic mass is 32.2. The normalized spacial score (nSPS) is 31.5. The monoisotopic (exact) mass is 336 g/mol. The summed E-state index contributed by atoms with van der Waals surface area (Å²) < 4.78 is 23.8. The second kappa shape index (κ2) is 5.09. The average Bonchev–Trinajstić information content (AvgIpc) is 3.21. The van der Waals surface area contributed by atoms with Crippen LogP contribution in [-0.4, -0.2) is 42.3 Å². The summed E-state index contributed by atoms with van der Waals surface area (Å²) in [6.07, 6.45) is 1.85. The van der Waals surface area contributed by atoms with E-state index >= 15 is 0 Å². The first-order chi connectivity index (χ1) is 10.5. The molecule has 5 nitrogen and oxygen atoms in total. The minimum absolute atomic E-state index is 0.0315. The van der Waals surface area contributed by atoms with Crippen molar-refractivity contribution in [1.82, 2.24) is 0 Å². The highest BCUT2D eigenvalue weighted by molar-refractivity contribution is 8.16. The summed E-state index contributed by atoms with van der Waals surface area (Å²) >= 11 is 1.44. The zero-order chi connectivity index (χ0) is 15.3. The van der Waals surface area contributed by atoms with Gasteiger partial charge >= 0.3 is 0 Å². The molecule has 1 saturated carbocycles. The third kappa shape index (κ3) is 2.56. The van der Waals surface area contributed by atoms with Crippen molar-refractivity contribution in [3.8, 4) is 0 Å². The van der Waals surface area contributed by atoms with Gasteiger partial charge in [0.1, 0.15) is 0 Å². The van der Waals surface area contributed by atoms with Crippen LogP contribution in [0.15, 0.2) is 35.3 Å². The first-order valence-electron chi connectivity index (χ1n) is 7.37. The van der Waals surface area contributed by atoms with E-state index in [0.29, 0.717) is 5.17 Å². The molecule has 7 heteroatoms. The van der Waals surface area contributed by atoms with Gasteiger partial charge in [0.15, 0.2) is 15.0 Å². The molecular weight excluding hydrogens is 320 g/mol. The lowest BCUT2D eigenvalue weighted by molar-refractivity contribution is -0.118. The lowest BCUT2D eigenvalue weighted by Crippen LogP contribution is -2.37. The number of benzene rings is 1. The number of hydrogen-bond donors (Lipinski definition) is 0. The molecule has 3 aliphatic rings. The van der Waals surface area contributed by atoms with Crippen LogP contribution < -0.4 is 4.90 Å². The van der Waals surface area contributed by atoms with Crippen molar-refractivity contribution in [3.05, 3.63) is 30.3 Å². The van der Waals surface area contributed by atoms with Crippen molar-refractivity contribution >= 4 is 38.4 Å². The van der Waals surface area contributed by atoms with Crippen LogP contribution in [0.2, 0.25) is 0 Å². The summed E-state index contributed by atoms with van der Waals surface area (Å²) in [6.45, 7) is 0. The molecule has 4 rings (SSSR count). The quantitative estimate of drug-likeness (QED) is 0.822. The number of hydrogen-bond acceptors (Lipinski definition) is 4. The van der Waals surface area contributed by atoms with Gasteiger partial charge in [-0.25, -0.2) is 8.42 Å². The summed E-state index contributed by atoms with van der Waals surface area (Å²) in [7, 11) is -3.00. The fraction of sp³-hybridized carbons (Fsp3) is 0.467. The Labute approximate surface area is 133 Å². The van der Waals surface area contributed by atoms with E-state index < -0.39 is 9.84 Å². The van der Waals surface area contributed by atoms with Crippen LogP contribution in [0.4, 0.5) is 5.69 Å². The molecule has 2 atom stereocenters. The Kier molecular flexibility index (Phi) is 3.30.